The van der Waals surface area contributed by atoms with Gasteiger partial charge in [-0.25, -0.2) is 0 Å². The van der Waals surface area contributed by atoms with Gasteiger partial charge >= 0.3 is 0 Å². The van der Waals surface area contributed by atoms with Gasteiger partial charge in [0.1, 0.15) is 5.75 Å². The fraction of sp³-hybridized carbons (Fsp3) is 0.417. The van der Waals surface area contributed by atoms with Crippen molar-refractivity contribution in [3.05, 3.63) is 18.2 Å². The summed E-state index contributed by atoms with van der Waals surface area (Å²) in [5.41, 5.74) is 1.83. The third-order valence-electron chi connectivity index (χ3n) is 2.89. The van der Waals surface area contributed by atoms with E-state index in [1.165, 1.54) is 0 Å². The fourth-order valence-corrected chi connectivity index (χ4v) is 2.01. The molecule has 4 nitrogen and oxygen atoms in total. The zero-order chi connectivity index (χ0) is 12.4. The quantitative estimate of drug-likeness (QED) is 0.770. The molecule has 0 N–H and O–H groups in total. The van der Waals surface area contributed by atoms with Crippen LogP contribution in [-0.4, -0.2) is 39.0 Å². The van der Waals surface area contributed by atoms with E-state index in [1.54, 1.807) is 11.9 Å². The minimum absolute atomic E-state index is 0.0327. The highest BCUT2D eigenvalue weighted by Crippen LogP contribution is 2.34. The number of anilines is 2. The van der Waals surface area contributed by atoms with Crippen LogP contribution in [0.1, 0.15) is 0 Å². The third-order valence-corrected chi connectivity index (χ3v) is 3.06. The summed E-state index contributed by atoms with van der Waals surface area (Å²) < 4.78 is 5.37. The highest BCUT2D eigenvalue weighted by Gasteiger charge is 2.22. The predicted molar refractivity (Wildman–Crippen MR) is 69.3 cm³/mol. The van der Waals surface area contributed by atoms with Crippen LogP contribution in [-0.2, 0) is 4.79 Å². The monoisotopic (exact) mass is 254 g/mol. The maximum absolute atomic E-state index is 11.5. The van der Waals surface area contributed by atoms with Crippen molar-refractivity contribution in [2.24, 2.45) is 0 Å². The first-order valence-corrected chi connectivity index (χ1v) is 5.97. The Balaban J connectivity index is 2.32. The molecule has 0 radical (unpaired) electrons. The van der Waals surface area contributed by atoms with Crippen molar-refractivity contribution in [2.45, 2.75) is 0 Å². The molecule has 0 fully saturated rings. The number of nitrogens with zero attached hydrogens (tertiary/aromatic N) is 2. The lowest BCUT2D eigenvalue weighted by molar-refractivity contribution is -0.120. The van der Waals surface area contributed by atoms with E-state index in [2.05, 4.69) is 0 Å². The molecule has 0 unspecified atom stereocenters. The van der Waals surface area contributed by atoms with E-state index >= 15 is 0 Å². The van der Waals surface area contributed by atoms with Gasteiger partial charge in [0, 0.05) is 32.2 Å². The Labute approximate surface area is 106 Å². The van der Waals surface area contributed by atoms with E-state index in [4.69, 9.17) is 16.3 Å². The molecule has 1 heterocycles. The number of ether oxygens (including phenoxy) is 1. The third kappa shape index (κ3) is 2.31. The van der Waals surface area contributed by atoms with Gasteiger partial charge in [-0.3, -0.25) is 4.79 Å². The van der Waals surface area contributed by atoms with Crippen molar-refractivity contribution >= 4 is 28.9 Å². The maximum atomic E-state index is 11.5. The smallest absolute Gasteiger partial charge is 0.264 e. The summed E-state index contributed by atoms with van der Waals surface area (Å²) in [5, 5.41) is 0. The van der Waals surface area contributed by atoms with Crippen LogP contribution in [0, 0.1) is 0 Å². The number of amides is 1. The van der Waals surface area contributed by atoms with Gasteiger partial charge in [-0.1, -0.05) is 0 Å². The Morgan fingerprint density at radius 1 is 1.53 bits per heavy atom. The predicted octanol–water partition coefficient (Wildman–Crippen LogP) is 1.72. The number of rotatable bonds is 3. The Bertz CT molecular complexity index is 437. The number of fused-ring (bicyclic) bond motifs is 1. The molecule has 0 spiro atoms. The van der Waals surface area contributed by atoms with Crippen molar-refractivity contribution < 1.29 is 9.53 Å². The van der Waals surface area contributed by atoms with E-state index in [9.17, 15) is 4.79 Å². The molecule has 1 amide bonds. The average Bonchev–Trinajstić information content (AvgIpc) is 2.34. The van der Waals surface area contributed by atoms with E-state index < -0.39 is 0 Å². The molecule has 17 heavy (non-hydrogen) atoms. The van der Waals surface area contributed by atoms with Crippen LogP contribution in [0.2, 0.25) is 0 Å². The molecule has 0 aromatic heterocycles. The molecule has 1 aliphatic heterocycles. The first kappa shape index (κ1) is 12.0. The number of carbonyl (C=O) groups excluding carboxylic acids is 1. The van der Waals surface area contributed by atoms with Gasteiger partial charge in [0.05, 0.1) is 5.69 Å². The second-order valence-electron chi connectivity index (χ2n) is 4.00. The van der Waals surface area contributed by atoms with Crippen molar-refractivity contribution in [2.75, 3.05) is 42.9 Å². The molecule has 2 rings (SSSR count). The molecule has 0 saturated heterocycles. The minimum atomic E-state index is -0.0327. The molecule has 0 aliphatic carbocycles. The van der Waals surface area contributed by atoms with E-state index in [0.717, 1.165) is 23.7 Å². The number of benzene rings is 1. The van der Waals surface area contributed by atoms with Gasteiger partial charge in [-0.15, -0.1) is 11.6 Å². The lowest BCUT2D eigenvalue weighted by Crippen LogP contribution is -2.35. The fourth-order valence-electron chi connectivity index (χ4n) is 1.75. The highest BCUT2D eigenvalue weighted by molar-refractivity contribution is 6.18. The molecule has 0 bridgehead atoms. The van der Waals surface area contributed by atoms with Crippen molar-refractivity contribution in [3.8, 4) is 5.75 Å². The summed E-state index contributed by atoms with van der Waals surface area (Å²) >= 11 is 5.71. The lowest BCUT2D eigenvalue weighted by Gasteiger charge is -2.28. The van der Waals surface area contributed by atoms with Crippen molar-refractivity contribution in [3.63, 3.8) is 0 Å². The van der Waals surface area contributed by atoms with Gasteiger partial charge < -0.3 is 14.5 Å². The van der Waals surface area contributed by atoms with Crippen LogP contribution in [0.5, 0.6) is 5.75 Å². The average molecular weight is 255 g/mol. The largest absolute Gasteiger partial charge is 0.482 e. The topological polar surface area (TPSA) is 32.8 Å². The van der Waals surface area contributed by atoms with Gasteiger partial charge in [0.25, 0.3) is 5.91 Å². The second kappa shape index (κ2) is 4.84. The lowest BCUT2D eigenvalue weighted by atomic mass is 10.2. The molecule has 0 saturated carbocycles. The Hall–Kier alpha value is -1.42. The molecular weight excluding hydrogens is 240 g/mol. The molecule has 1 aromatic rings. The summed E-state index contributed by atoms with van der Waals surface area (Å²) in [6.07, 6.45) is 0. The summed E-state index contributed by atoms with van der Waals surface area (Å²) in [6.45, 7) is 0.874. The van der Waals surface area contributed by atoms with E-state index in [0.29, 0.717) is 5.88 Å². The van der Waals surface area contributed by atoms with Gasteiger partial charge in [-0.05, 0) is 18.2 Å². The summed E-state index contributed by atoms with van der Waals surface area (Å²) in [7, 11) is 3.73. The number of likely N-dealkylation sites (N-methyl/N-ethyl adjacent to an activating group) is 1. The van der Waals surface area contributed by atoms with Crippen LogP contribution in [0.3, 0.4) is 0 Å². The Morgan fingerprint density at radius 2 is 2.29 bits per heavy atom. The number of hydrogen-bond acceptors (Lipinski definition) is 3. The van der Waals surface area contributed by atoms with Crippen LogP contribution < -0.4 is 14.5 Å². The van der Waals surface area contributed by atoms with Crippen LogP contribution in [0.15, 0.2) is 18.2 Å². The van der Waals surface area contributed by atoms with Crippen LogP contribution in [0.4, 0.5) is 11.4 Å². The zero-order valence-electron chi connectivity index (χ0n) is 9.94. The van der Waals surface area contributed by atoms with Gasteiger partial charge in [0.15, 0.2) is 6.61 Å². The molecule has 0 atom stereocenters. The zero-order valence-corrected chi connectivity index (χ0v) is 10.7. The van der Waals surface area contributed by atoms with E-state index in [-0.39, 0.29) is 12.5 Å². The van der Waals surface area contributed by atoms with Gasteiger partial charge in [-0.2, -0.15) is 0 Å². The minimum Gasteiger partial charge on any atom is -0.482 e. The van der Waals surface area contributed by atoms with Crippen LogP contribution >= 0.6 is 11.6 Å². The summed E-state index contributed by atoms with van der Waals surface area (Å²) in [4.78, 5) is 15.2. The second-order valence-corrected chi connectivity index (χ2v) is 4.38. The maximum Gasteiger partial charge on any atom is 0.264 e. The number of halogens is 1. The molecule has 1 aromatic carbocycles. The van der Waals surface area contributed by atoms with Crippen molar-refractivity contribution in [1.29, 1.82) is 0 Å². The molecule has 1 aliphatic rings. The standard InChI is InChI=1S/C12H15ClN2O2/c1-14(6-5-13)9-3-4-11-10(7-9)15(2)12(16)8-17-11/h3-4,7H,5-6,8H2,1-2H3. The number of carbonyl (C=O) groups is 1. The number of hydrogen-bond donors (Lipinski definition) is 0. The SMILES string of the molecule is CN(CCCl)c1ccc2c(c1)N(C)C(=O)CO2. The molecule has 92 valence electrons. The molecular formula is C12H15ClN2O2. The van der Waals surface area contributed by atoms with Crippen molar-refractivity contribution in [1.82, 2.24) is 0 Å². The van der Waals surface area contributed by atoms with E-state index in [1.807, 2.05) is 30.1 Å². The number of alkyl halides is 1. The Morgan fingerprint density at radius 3 is 3.00 bits per heavy atom. The summed E-state index contributed by atoms with van der Waals surface area (Å²) in [5.74, 6) is 1.28. The first-order valence-electron chi connectivity index (χ1n) is 5.44. The van der Waals surface area contributed by atoms with Gasteiger partial charge in [0.2, 0.25) is 0 Å². The van der Waals surface area contributed by atoms with Crippen LogP contribution in [0.25, 0.3) is 0 Å². The first-order chi connectivity index (χ1) is 8.13. The normalized spacial score (nSPS) is 14.3. The summed E-state index contributed by atoms with van der Waals surface area (Å²) in [6, 6.07) is 5.80. The Kier molecular flexibility index (Phi) is 3.43. The molecule has 5 heteroatoms. The highest BCUT2D eigenvalue weighted by atomic mass is 35.5.